The molecule has 4 aromatic rings. The Kier molecular flexibility index (Phi) is 6.37. The van der Waals surface area contributed by atoms with E-state index in [9.17, 15) is 4.79 Å². The molecule has 7 nitrogen and oxygen atoms in total. The van der Waals surface area contributed by atoms with E-state index in [-0.39, 0.29) is 11.5 Å². The van der Waals surface area contributed by atoms with Gasteiger partial charge in [-0.3, -0.25) is 9.36 Å². The number of aromatic nitrogens is 3. The minimum Gasteiger partial charge on any atom is -0.497 e. The van der Waals surface area contributed by atoms with Gasteiger partial charge in [-0.25, -0.2) is 0 Å². The zero-order chi connectivity index (χ0) is 21.6. The molecular weight excluding hydrogens is 414 g/mol. The smallest absolute Gasteiger partial charge is 0.192 e. The molecule has 0 unspecified atom stereocenters. The molecule has 0 saturated carbocycles. The van der Waals surface area contributed by atoms with Gasteiger partial charge in [0.05, 0.1) is 38.3 Å². The summed E-state index contributed by atoms with van der Waals surface area (Å²) in [5.74, 6) is 3.05. The third-order valence-corrected chi connectivity index (χ3v) is 5.67. The summed E-state index contributed by atoms with van der Waals surface area (Å²) in [5, 5.41) is 9.36. The van der Waals surface area contributed by atoms with E-state index >= 15 is 0 Å². The third kappa shape index (κ3) is 4.64. The highest BCUT2D eigenvalue weighted by Gasteiger charge is 2.19. The SMILES string of the molecule is COc1ccc(C(=O)CSc2nnc(-c3ccccc3OC)n2Cc2ccco2)cc1. The van der Waals surface area contributed by atoms with Crippen molar-refractivity contribution in [3.8, 4) is 22.9 Å². The van der Waals surface area contributed by atoms with Crippen LogP contribution in [0.4, 0.5) is 0 Å². The van der Waals surface area contributed by atoms with E-state index in [2.05, 4.69) is 10.2 Å². The number of carbonyl (C=O) groups is 1. The number of furan rings is 1. The van der Waals surface area contributed by atoms with Gasteiger partial charge in [-0.05, 0) is 48.5 Å². The molecule has 8 heteroatoms. The van der Waals surface area contributed by atoms with Crippen molar-refractivity contribution in [3.63, 3.8) is 0 Å². The van der Waals surface area contributed by atoms with Crippen LogP contribution in [-0.4, -0.2) is 40.5 Å². The fourth-order valence-electron chi connectivity index (χ4n) is 3.12. The number of benzene rings is 2. The van der Waals surface area contributed by atoms with Crippen molar-refractivity contribution >= 4 is 17.5 Å². The molecule has 0 fully saturated rings. The van der Waals surface area contributed by atoms with E-state index in [1.54, 1.807) is 44.7 Å². The molecule has 2 aromatic heterocycles. The second-order valence-electron chi connectivity index (χ2n) is 6.61. The van der Waals surface area contributed by atoms with Crippen LogP contribution in [0, 0.1) is 0 Å². The molecule has 0 amide bonds. The first-order chi connectivity index (χ1) is 15.2. The molecule has 0 atom stereocenters. The van der Waals surface area contributed by atoms with Crippen LogP contribution >= 0.6 is 11.8 Å². The lowest BCUT2D eigenvalue weighted by Gasteiger charge is -2.11. The zero-order valence-electron chi connectivity index (χ0n) is 17.1. The van der Waals surface area contributed by atoms with Gasteiger partial charge >= 0.3 is 0 Å². The molecule has 0 aliphatic heterocycles. The predicted molar refractivity (Wildman–Crippen MR) is 118 cm³/mol. The Balaban J connectivity index is 1.61. The molecule has 0 radical (unpaired) electrons. The predicted octanol–water partition coefficient (Wildman–Crippen LogP) is 4.58. The molecule has 0 spiro atoms. The number of para-hydroxylation sites is 1. The minimum atomic E-state index is -0.000886. The number of nitrogens with zero attached hydrogens (tertiary/aromatic N) is 3. The fourth-order valence-corrected chi connectivity index (χ4v) is 3.95. The van der Waals surface area contributed by atoms with Crippen LogP contribution in [0.3, 0.4) is 0 Å². The maximum atomic E-state index is 12.7. The monoisotopic (exact) mass is 435 g/mol. The Morgan fingerprint density at radius 2 is 1.81 bits per heavy atom. The molecule has 0 N–H and O–H groups in total. The molecule has 0 aliphatic rings. The van der Waals surface area contributed by atoms with E-state index in [4.69, 9.17) is 13.9 Å². The molecule has 4 rings (SSSR count). The van der Waals surface area contributed by atoms with Crippen LogP contribution in [0.1, 0.15) is 16.1 Å². The maximum absolute atomic E-state index is 12.7. The van der Waals surface area contributed by atoms with Crippen LogP contribution in [0.25, 0.3) is 11.4 Å². The Morgan fingerprint density at radius 3 is 2.52 bits per heavy atom. The van der Waals surface area contributed by atoms with E-state index < -0.39 is 0 Å². The summed E-state index contributed by atoms with van der Waals surface area (Å²) in [6.45, 7) is 0.437. The lowest BCUT2D eigenvalue weighted by molar-refractivity contribution is 0.102. The van der Waals surface area contributed by atoms with Crippen molar-refractivity contribution in [2.75, 3.05) is 20.0 Å². The Labute approximate surface area is 184 Å². The van der Waals surface area contributed by atoms with Crippen LogP contribution in [0.15, 0.2) is 76.5 Å². The number of carbonyl (C=O) groups excluding carboxylic acids is 1. The summed E-state index contributed by atoms with van der Waals surface area (Å²) in [4.78, 5) is 12.7. The highest BCUT2D eigenvalue weighted by atomic mass is 32.2. The largest absolute Gasteiger partial charge is 0.497 e. The van der Waals surface area contributed by atoms with Gasteiger partial charge in [0, 0.05) is 5.56 Å². The van der Waals surface area contributed by atoms with Gasteiger partial charge in [0.25, 0.3) is 0 Å². The number of hydrogen-bond acceptors (Lipinski definition) is 7. The maximum Gasteiger partial charge on any atom is 0.192 e. The van der Waals surface area contributed by atoms with Gasteiger partial charge in [-0.1, -0.05) is 23.9 Å². The van der Waals surface area contributed by atoms with Crippen molar-refractivity contribution in [1.82, 2.24) is 14.8 Å². The second kappa shape index (κ2) is 9.53. The number of ketones is 1. The average molecular weight is 436 g/mol. The minimum absolute atomic E-state index is 0.000886. The van der Waals surface area contributed by atoms with Gasteiger partial charge in [-0.15, -0.1) is 10.2 Å². The third-order valence-electron chi connectivity index (χ3n) is 4.70. The number of ether oxygens (including phenoxy) is 2. The molecule has 0 aliphatic carbocycles. The summed E-state index contributed by atoms with van der Waals surface area (Å²) >= 11 is 1.34. The van der Waals surface area contributed by atoms with Crippen LogP contribution < -0.4 is 9.47 Å². The van der Waals surface area contributed by atoms with Crippen LogP contribution in [-0.2, 0) is 6.54 Å². The number of thioether (sulfide) groups is 1. The fraction of sp³-hybridized carbons (Fsp3) is 0.174. The number of hydrogen-bond donors (Lipinski definition) is 0. The van der Waals surface area contributed by atoms with E-state index in [0.717, 1.165) is 11.3 Å². The summed E-state index contributed by atoms with van der Waals surface area (Å²) in [5.41, 5.74) is 1.44. The van der Waals surface area contributed by atoms with Gasteiger partial charge < -0.3 is 13.9 Å². The first-order valence-electron chi connectivity index (χ1n) is 9.58. The number of methoxy groups -OCH3 is 2. The van der Waals surface area contributed by atoms with Crippen molar-refractivity contribution in [1.29, 1.82) is 0 Å². The standard InChI is InChI=1S/C23H21N3O4S/c1-28-17-11-9-16(10-12-17)20(27)15-31-23-25-24-22(19-7-3-4-8-21(19)29-2)26(23)14-18-6-5-13-30-18/h3-13H,14-15H2,1-2H3. The quantitative estimate of drug-likeness (QED) is 0.281. The van der Waals surface area contributed by atoms with Gasteiger partial charge in [-0.2, -0.15) is 0 Å². The molecule has 0 bridgehead atoms. The Morgan fingerprint density at radius 1 is 1.00 bits per heavy atom. The highest BCUT2D eigenvalue weighted by molar-refractivity contribution is 7.99. The summed E-state index contributed by atoms with van der Waals surface area (Å²) in [6, 6.07) is 18.4. The number of Topliss-reactive ketones (excluding diaryl/α,β-unsaturated/α-hetero) is 1. The number of rotatable bonds is 9. The lowest BCUT2D eigenvalue weighted by atomic mass is 10.1. The van der Waals surface area contributed by atoms with Crippen molar-refractivity contribution < 1.29 is 18.7 Å². The van der Waals surface area contributed by atoms with Gasteiger partial charge in [0.2, 0.25) is 0 Å². The summed E-state index contributed by atoms with van der Waals surface area (Å²) < 4.78 is 18.1. The average Bonchev–Trinajstić information content (AvgIpc) is 3.48. The van der Waals surface area contributed by atoms with Gasteiger partial charge in [0.15, 0.2) is 16.8 Å². The summed E-state index contributed by atoms with van der Waals surface area (Å²) in [6.07, 6.45) is 1.63. The van der Waals surface area contributed by atoms with Crippen molar-refractivity contribution in [2.24, 2.45) is 0 Å². The van der Waals surface area contributed by atoms with E-state index in [1.807, 2.05) is 41.0 Å². The van der Waals surface area contributed by atoms with Crippen molar-refractivity contribution in [3.05, 3.63) is 78.3 Å². The molecular formula is C23H21N3O4S. The Hall–Kier alpha value is -3.52. The first kappa shape index (κ1) is 20.7. The first-order valence-corrected chi connectivity index (χ1v) is 10.6. The van der Waals surface area contributed by atoms with Gasteiger partial charge in [0.1, 0.15) is 17.3 Å². The lowest BCUT2D eigenvalue weighted by Crippen LogP contribution is -2.07. The molecule has 2 aromatic carbocycles. The molecule has 31 heavy (non-hydrogen) atoms. The zero-order valence-corrected chi connectivity index (χ0v) is 18.0. The highest BCUT2D eigenvalue weighted by Crippen LogP contribution is 2.31. The van der Waals surface area contributed by atoms with E-state index in [0.29, 0.717) is 34.6 Å². The topological polar surface area (TPSA) is 79.4 Å². The Bertz CT molecular complexity index is 1150. The molecule has 158 valence electrons. The van der Waals surface area contributed by atoms with Crippen molar-refractivity contribution in [2.45, 2.75) is 11.7 Å². The van der Waals surface area contributed by atoms with Crippen LogP contribution in [0.5, 0.6) is 11.5 Å². The summed E-state index contributed by atoms with van der Waals surface area (Å²) in [7, 11) is 3.22. The molecule has 2 heterocycles. The second-order valence-corrected chi connectivity index (χ2v) is 7.55. The normalized spacial score (nSPS) is 10.8. The molecule has 0 saturated heterocycles. The van der Waals surface area contributed by atoms with E-state index in [1.165, 1.54) is 11.8 Å². The van der Waals surface area contributed by atoms with Crippen LogP contribution in [0.2, 0.25) is 0 Å².